The van der Waals surface area contributed by atoms with Crippen molar-refractivity contribution in [1.82, 2.24) is 10.3 Å². The first kappa shape index (κ1) is 16.3. The van der Waals surface area contributed by atoms with Crippen LogP contribution >= 0.6 is 0 Å². The summed E-state index contributed by atoms with van der Waals surface area (Å²) in [6.45, 7) is 6.65. The summed E-state index contributed by atoms with van der Waals surface area (Å²) in [7, 11) is 0. The summed E-state index contributed by atoms with van der Waals surface area (Å²) < 4.78 is 13.3. The van der Waals surface area contributed by atoms with Gasteiger partial charge in [0.15, 0.2) is 0 Å². The number of amides is 1. The van der Waals surface area contributed by atoms with Crippen LogP contribution in [0.1, 0.15) is 50.4 Å². The van der Waals surface area contributed by atoms with E-state index in [0.29, 0.717) is 16.8 Å². The molecule has 5 heteroatoms. The van der Waals surface area contributed by atoms with Crippen LogP contribution in [0.5, 0.6) is 0 Å². The van der Waals surface area contributed by atoms with Crippen LogP contribution in [-0.2, 0) is 0 Å². The molecule has 3 atom stereocenters. The van der Waals surface area contributed by atoms with E-state index in [1.54, 1.807) is 0 Å². The van der Waals surface area contributed by atoms with Gasteiger partial charge in [0.25, 0.3) is 5.91 Å². The molecular weight excluding hydrogens is 319 g/mol. The van der Waals surface area contributed by atoms with E-state index in [-0.39, 0.29) is 33.8 Å². The van der Waals surface area contributed by atoms with Crippen LogP contribution in [0, 0.1) is 22.6 Å². The van der Waals surface area contributed by atoms with Crippen molar-refractivity contribution >= 4 is 16.8 Å². The van der Waals surface area contributed by atoms with Crippen molar-refractivity contribution in [2.75, 3.05) is 0 Å². The van der Waals surface area contributed by atoms with Crippen molar-refractivity contribution in [3.8, 4) is 0 Å². The molecule has 0 aliphatic heterocycles. The summed E-state index contributed by atoms with van der Waals surface area (Å²) in [6, 6.07) is 3.97. The topological polar surface area (TPSA) is 62.0 Å². The van der Waals surface area contributed by atoms with E-state index < -0.39 is 5.82 Å². The summed E-state index contributed by atoms with van der Waals surface area (Å²) >= 11 is 0. The van der Waals surface area contributed by atoms with Crippen molar-refractivity contribution in [2.24, 2.45) is 16.7 Å². The Hall–Kier alpha value is -2.17. The Kier molecular flexibility index (Phi) is 3.37. The molecule has 0 saturated heterocycles. The second kappa shape index (κ2) is 5.16. The standard InChI is InChI=1S/C20H23FN2O2/c1-19(2)11-6-7-20(3,9-11)18(19)23-17(25)14-10-22-15-8-12(21)4-5-13(15)16(14)24/h4-5,8,10-11,18H,6-7,9H2,1-3H3,(H,22,24)(H,23,25)/t11-,18+,20+/m0/s1. The quantitative estimate of drug-likeness (QED) is 0.876. The largest absolute Gasteiger partial charge is 0.360 e. The lowest BCUT2D eigenvalue weighted by molar-refractivity contribution is 0.0736. The highest BCUT2D eigenvalue weighted by atomic mass is 19.1. The average molecular weight is 342 g/mol. The zero-order chi connectivity index (χ0) is 18.0. The highest BCUT2D eigenvalue weighted by Crippen LogP contribution is 2.62. The number of hydrogen-bond acceptors (Lipinski definition) is 2. The summed E-state index contributed by atoms with van der Waals surface area (Å²) in [5, 5.41) is 3.47. The highest BCUT2D eigenvalue weighted by molar-refractivity contribution is 5.97. The van der Waals surface area contributed by atoms with E-state index in [4.69, 9.17) is 0 Å². The number of aromatic amines is 1. The molecule has 4 rings (SSSR count). The Morgan fingerprint density at radius 2 is 2.08 bits per heavy atom. The van der Waals surface area contributed by atoms with Gasteiger partial charge in [-0.25, -0.2) is 4.39 Å². The van der Waals surface area contributed by atoms with Gasteiger partial charge in [0.2, 0.25) is 5.43 Å². The van der Waals surface area contributed by atoms with Crippen LogP contribution in [-0.4, -0.2) is 16.9 Å². The summed E-state index contributed by atoms with van der Waals surface area (Å²) in [6.07, 6.45) is 4.83. The molecule has 2 aliphatic carbocycles. The Bertz CT molecular complexity index is 928. The van der Waals surface area contributed by atoms with Crippen molar-refractivity contribution in [1.29, 1.82) is 0 Å². The van der Waals surface area contributed by atoms with Crippen LogP contribution in [0.2, 0.25) is 0 Å². The van der Waals surface area contributed by atoms with Gasteiger partial charge in [-0.05, 0) is 54.2 Å². The van der Waals surface area contributed by atoms with Crippen molar-refractivity contribution in [3.63, 3.8) is 0 Å². The Labute approximate surface area is 145 Å². The lowest BCUT2D eigenvalue weighted by Crippen LogP contribution is -2.53. The molecule has 25 heavy (non-hydrogen) atoms. The minimum Gasteiger partial charge on any atom is -0.360 e. The van der Waals surface area contributed by atoms with Gasteiger partial charge in [-0.2, -0.15) is 0 Å². The number of rotatable bonds is 2. The number of carbonyl (C=O) groups excluding carboxylic acids is 1. The third kappa shape index (κ3) is 2.32. The number of hydrogen-bond donors (Lipinski definition) is 2. The van der Waals surface area contributed by atoms with Gasteiger partial charge in [-0.1, -0.05) is 20.8 Å². The van der Waals surface area contributed by atoms with Crippen molar-refractivity contribution in [3.05, 3.63) is 46.0 Å². The maximum Gasteiger partial charge on any atom is 0.257 e. The summed E-state index contributed by atoms with van der Waals surface area (Å²) in [5.41, 5.74) is 0.235. The molecule has 1 amide bonds. The van der Waals surface area contributed by atoms with Crippen molar-refractivity contribution in [2.45, 2.75) is 46.1 Å². The number of H-pyrrole nitrogens is 1. The summed E-state index contributed by atoms with van der Waals surface area (Å²) in [4.78, 5) is 28.4. The molecule has 132 valence electrons. The third-order valence-electron chi connectivity index (χ3n) is 6.63. The van der Waals surface area contributed by atoms with Crippen LogP contribution in [0.4, 0.5) is 4.39 Å². The Balaban J connectivity index is 1.68. The van der Waals surface area contributed by atoms with Gasteiger partial charge in [0.1, 0.15) is 11.4 Å². The molecule has 1 heterocycles. The number of carbonyl (C=O) groups is 1. The molecule has 1 aromatic carbocycles. The monoisotopic (exact) mass is 342 g/mol. The zero-order valence-corrected chi connectivity index (χ0v) is 14.8. The number of pyridine rings is 1. The van der Waals surface area contributed by atoms with Crippen LogP contribution in [0.15, 0.2) is 29.2 Å². The van der Waals surface area contributed by atoms with Gasteiger partial charge in [-0.3, -0.25) is 9.59 Å². The molecule has 2 aromatic rings. The first-order valence-electron chi connectivity index (χ1n) is 8.84. The molecule has 0 unspecified atom stereocenters. The number of fused-ring (bicyclic) bond motifs is 3. The molecule has 2 fully saturated rings. The molecule has 0 radical (unpaired) electrons. The maximum atomic E-state index is 13.3. The van der Waals surface area contributed by atoms with E-state index in [0.717, 1.165) is 12.8 Å². The highest BCUT2D eigenvalue weighted by Gasteiger charge is 2.59. The number of aromatic nitrogens is 1. The normalized spacial score (nSPS) is 29.9. The number of halogens is 1. The molecule has 4 nitrogen and oxygen atoms in total. The number of nitrogens with one attached hydrogen (secondary N) is 2. The molecule has 2 aliphatic rings. The molecule has 0 spiro atoms. The Morgan fingerprint density at radius 1 is 1.32 bits per heavy atom. The first-order chi connectivity index (χ1) is 11.7. The fourth-order valence-corrected chi connectivity index (χ4v) is 5.23. The van der Waals surface area contributed by atoms with Gasteiger partial charge in [0.05, 0.1) is 5.52 Å². The van der Waals surface area contributed by atoms with Crippen LogP contribution in [0.3, 0.4) is 0 Å². The smallest absolute Gasteiger partial charge is 0.257 e. The van der Waals surface area contributed by atoms with Gasteiger partial charge in [0, 0.05) is 17.6 Å². The molecule has 2 N–H and O–H groups in total. The van der Waals surface area contributed by atoms with Gasteiger partial charge in [-0.15, -0.1) is 0 Å². The SMILES string of the molecule is CC1(C)[C@H]2CC[C@](C)(C2)[C@@H]1NC(=O)c1c[nH]c2cc(F)ccc2c1=O. The van der Waals surface area contributed by atoms with Crippen LogP contribution < -0.4 is 10.7 Å². The lowest BCUT2D eigenvalue weighted by atomic mass is 9.68. The van der Waals surface area contributed by atoms with Gasteiger partial charge >= 0.3 is 0 Å². The van der Waals surface area contributed by atoms with E-state index in [1.807, 2.05) is 0 Å². The summed E-state index contributed by atoms with van der Waals surface area (Å²) in [5.74, 6) is -0.156. The molecule has 1 aromatic heterocycles. The second-order valence-electron chi connectivity index (χ2n) is 8.54. The Morgan fingerprint density at radius 3 is 2.76 bits per heavy atom. The average Bonchev–Trinajstić information content (AvgIpc) is 3.02. The predicted molar refractivity (Wildman–Crippen MR) is 95.0 cm³/mol. The lowest BCUT2D eigenvalue weighted by Gasteiger charge is -2.43. The maximum absolute atomic E-state index is 13.3. The van der Waals surface area contributed by atoms with Crippen LogP contribution in [0.25, 0.3) is 10.9 Å². The zero-order valence-electron chi connectivity index (χ0n) is 14.8. The van der Waals surface area contributed by atoms with E-state index >= 15 is 0 Å². The van der Waals surface area contributed by atoms with Crippen molar-refractivity contribution < 1.29 is 9.18 Å². The molecule has 2 saturated carbocycles. The second-order valence-corrected chi connectivity index (χ2v) is 8.54. The van der Waals surface area contributed by atoms with E-state index in [1.165, 1.54) is 30.8 Å². The fraction of sp³-hybridized carbons (Fsp3) is 0.500. The minimum atomic E-state index is -0.419. The van der Waals surface area contributed by atoms with E-state index in [2.05, 4.69) is 31.1 Å². The first-order valence-corrected chi connectivity index (χ1v) is 8.84. The number of benzene rings is 1. The fourth-order valence-electron chi connectivity index (χ4n) is 5.23. The third-order valence-corrected chi connectivity index (χ3v) is 6.63. The molecular formula is C20H23FN2O2. The minimum absolute atomic E-state index is 0.0232. The molecule has 2 bridgehead atoms. The van der Waals surface area contributed by atoms with E-state index in [9.17, 15) is 14.0 Å². The van der Waals surface area contributed by atoms with Gasteiger partial charge < -0.3 is 10.3 Å². The predicted octanol–water partition coefficient (Wildman–Crippen LogP) is 3.61.